The molecule has 22 heavy (non-hydrogen) atoms. The number of rotatable bonds is 6. The Labute approximate surface area is 130 Å². The number of nitrogens with one attached hydrogen (secondary N) is 2. The van der Waals surface area contributed by atoms with Crippen LogP contribution < -0.4 is 10.6 Å². The lowest BCUT2D eigenvalue weighted by Crippen LogP contribution is -2.40. The van der Waals surface area contributed by atoms with E-state index in [9.17, 15) is 9.90 Å². The summed E-state index contributed by atoms with van der Waals surface area (Å²) in [7, 11) is 1.86. The molecule has 1 heterocycles. The van der Waals surface area contributed by atoms with Gasteiger partial charge >= 0.3 is 6.03 Å². The third-order valence-corrected chi connectivity index (χ3v) is 3.59. The van der Waals surface area contributed by atoms with Gasteiger partial charge in [0.25, 0.3) is 0 Å². The lowest BCUT2D eigenvalue weighted by molar-refractivity contribution is 0.170. The van der Waals surface area contributed by atoms with Gasteiger partial charge in [0.2, 0.25) is 0 Å². The minimum absolute atomic E-state index is 0.215. The van der Waals surface area contributed by atoms with Crippen LogP contribution in [0.2, 0.25) is 0 Å². The zero-order valence-corrected chi connectivity index (χ0v) is 12.9. The number of urea groups is 1. The van der Waals surface area contributed by atoms with Crippen molar-refractivity contribution in [2.24, 2.45) is 7.05 Å². The molecule has 118 valence electrons. The van der Waals surface area contributed by atoms with Gasteiger partial charge in [-0.2, -0.15) is 5.10 Å². The Bertz CT molecular complexity index is 610. The number of amides is 2. The molecular formula is C16H22N4O2. The molecule has 0 aliphatic heterocycles. The fourth-order valence-electron chi connectivity index (χ4n) is 2.12. The fourth-order valence-corrected chi connectivity index (χ4v) is 2.12. The number of aromatic nitrogens is 2. The van der Waals surface area contributed by atoms with Gasteiger partial charge in [-0.05, 0) is 12.5 Å². The van der Waals surface area contributed by atoms with E-state index in [4.69, 9.17) is 0 Å². The Morgan fingerprint density at radius 3 is 2.68 bits per heavy atom. The van der Waals surface area contributed by atoms with E-state index in [2.05, 4.69) is 15.7 Å². The van der Waals surface area contributed by atoms with E-state index in [1.807, 2.05) is 44.3 Å². The van der Waals surface area contributed by atoms with Gasteiger partial charge in [0.1, 0.15) is 0 Å². The summed E-state index contributed by atoms with van der Waals surface area (Å²) < 4.78 is 1.76. The smallest absolute Gasteiger partial charge is 0.315 e. The van der Waals surface area contributed by atoms with Crippen molar-refractivity contribution in [3.05, 3.63) is 53.3 Å². The first kappa shape index (κ1) is 16.0. The summed E-state index contributed by atoms with van der Waals surface area (Å²) >= 11 is 0. The first-order valence-corrected chi connectivity index (χ1v) is 7.27. The number of carbonyl (C=O) groups is 1. The van der Waals surface area contributed by atoms with Crippen LogP contribution in [0.4, 0.5) is 4.79 Å². The van der Waals surface area contributed by atoms with Crippen LogP contribution in [-0.4, -0.2) is 33.6 Å². The van der Waals surface area contributed by atoms with Crippen molar-refractivity contribution >= 4 is 6.03 Å². The molecule has 0 saturated heterocycles. The maximum Gasteiger partial charge on any atom is 0.315 e. The van der Waals surface area contributed by atoms with E-state index < -0.39 is 6.10 Å². The summed E-state index contributed by atoms with van der Waals surface area (Å²) in [6, 6.07) is 9.40. The minimum Gasteiger partial charge on any atom is -0.391 e. The fraction of sp³-hybridized carbons (Fsp3) is 0.375. The molecule has 2 amide bonds. The van der Waals surface area contributed by atoms with Crippen LogP contribution in [-0.2, 0) is 20.0 Å². The summed E-state index contributed by atoms with van der Waals surface area (Å²) in [6.45, 7) is 2.58. The Balaban J connectivity index is 1.70. The highest BCUT2D eigenvalue weighted by Crippen LogP contribution is 2.04. The van der Waals surface area contributed by atoms with Crippen LogP contribution in [0.1, 0.15) is 16.8 Å². The van der Waals surface area contributed by atoms with Crippen molar-refractivity contribution in [3.63, 3.8) is 0 Å². The number of benzene rings is 1. The summed E-state index contributed by atoms with van der Waals surface area (Å²) in [6.07, 6.45) is 1.65. The molecule has 0 aliphatic rings. The van der Waals surface area contributed by atoms with Gasteiger partial charge in [-0.15, -0.1) is 0 Å². The van der Waals surface area contributed by atoms with Crippen LogP contribution in [0.25, 0.3) is 0 Å². The molecule has 2 rings (SSSR count). The number of nitrogens with zero attached hydrogens (tertiary/aromatic N) is 2. The second-order valence-corrected chi connectivity index (χ2v) is 5.29. The number of hydrogen-bond donors (Lipinski definition) is 3. The molecule has 1 atom stereocenters. The molecule has 1 aromatic carbocycles. The van der Waals surface area contributed by atoms with E-state index >= 15 is 0 Å². The second-order valence-electron chi connectivity index (χ2n) is 5.29. The first-order valence-electron chi connectivity index (χ1n) is 7.27. The summed E-state index contributed by atoms with van der Waals surface area (Å²) in [4.78, 5) is 11.7. The molecule has 1 unspecified atom stereocenters. The predicted molar refractivity (Wildman–Crippen MR) is 84.3 cm³/mol. The molecule has 3 N–H and O–H groups in total. The molecular weight excluding hydrogens is 280 g/mol. The van der Waals surface area contributed by atoms with Crippen molar-refractivity contribution in [3.8, 4) is 0 Å². The number of aliphatic hydroxyl groups excluding tert-OH is 1. The van der Waals surface area contributed by atoms with Crippen molar-refractivity contribution in [2.45, 2.75) is 26.0 Å². The van der Waals surface area contributed by atoms with Crippen LogP contribution >= 0.6 is 0 Å². The number of aryl methyl sites for hydroxylation is 1. The highest BCUT2D eigenvalue weighted by atomic mass is 16.3. The number of aliphatic hydroxyl groups is 1. The average Bonchev–Trinajstić information content (AvgIpc) is 2.83. The molecule has 0 spiro atoms. The highest BCUT2D eigenvalue weighted by molar-refractivity contribution is 5.73. The predicted octanol–water partition coefficient (Wildman–Crippen LogP) is 1.13. The maximum atomic E-state index is 11.7. The Morgan fingerprint density at radius 1 is 1.32 bits per heavy atom. The maximum absolute atomic E-state index is 11.7. The Kier molecular flexibility index (Phi) is 5.55. The zero-order chi connectivity index (χ0) is 15.9. The lowest BCUT2D eigenvalue weighted by Gasteiger charge is -2.12. The average molecular weight is 302 g/mol. The summed E-state index contributed by atoms with van der Waals surface area (Å²) in [5.74, 6) is 0. The van der Waals surface area contributed by atoms with Gasteiger partial charge < -0.3 is 15.7 Å². The van der Waals surface area contributed by atoms with Crippen molar-refractivity contribution in [2.75, 3.05) is 6.54 Å². The van der Waals surface area contributed by atoms with E-state index in [0.717, 1.165) is 16.8 Å². The summed E-state index contributed by atoms with van der Waals surface area (Å²) in [5, 5.41) is 19.5. The van der Waals surface area contributed by atoms with E-state index in [1.54, 1.807) is 10.9 Å². The topological polar surface area (TPSA) is 79.2 Å². The van der Waals surface area contributed by atoms with Crippen LogP contribution in [0, 0.1) is 6.92 Å². The molecule has 0 radical (unpaired) electrons. The van der Waals surface area contributed by atoms with Gasteiger partial charge in [0, 0.05) is 37.8 Å². The van der Waals surface area contributed by atoms with E-state index in [0.29, 0.717) is 13.0 Å². The van der Waals surface area contributed by atoms with Crippen molar-refractivity contribution < 1.29 is 9.90 Å². The van der Waals surface area contributed by atoms with Crippen LogP contribution in [0.3, 0.4) is 0 Å². The third kappa shape index (κ3) is 4.60. The molecule has 0 fully saturated rings. The number of hydrogen-bond acceptors (Lipinski definition) is 3. The SMILES string of the molecule is Cc1c(CNC(=O)NCC(O)Cc2ccccc2)cnn1C. The van der Waals surface area contributed by atoms with Gasteiger partial charge in [-0.25, -0.2) is 4.79 Å². The first-order chi connectivity index (χ1) is 10.6. The van der Waals surface area contributed by atoms with Gasteiger partial charge in [0.15, 0.2) is 0 Å². The monoisotopic (exact) mass is 302 g/mol. The summed E-state index contributed by atoms with van der Waals surface area (Å²) in [5.41, 5.74) is 3.04. The molecule has 2 aromatic rings. The minimum atomic E-state index is -0.603. The highest BCUT2D eigenvalue weighted by Gasteiger charge is 2.09. The van der Waals surface area contributed by atoms with Gasteiger partial charge in [0.05, 0.1) is 12.3 Å². The van der Waals surface area contributed by atoms with Crippen molar-refractivity contribution in [1.29, 1.82) is 0 Å². The van der Waals surface area contributed by atoms with Gasteiger partial charge in [-0.3, -0.25) is 4.68 Å². The van der Waals surface area contributed by atoms with E-state index in [1.165, 1.54) is 0 Å². The Morgan fingerprint density at radius 2 is 2.05 bits per heavy atom. The zero-order valence-electron chi connectivity index (χ0n) is 12.9. The normalized spacial score (nSPS) is 12.0. The van der Waals surface area contributed by atoms with E-state index in [-0.39, 0.29) is 12.6 Å². The molecule has 6 nitrogen and oxygen atoms in total. The van der Waals surface area contributed by atoms with Crippen LogP contribution in [0.15, 0.2) is 36.5 Å². The standard InChI is InChI=1S/C16H22N4O2/c1-12-14(10-19-20(12)2)9-17-16(22)18-11-15(21)8-13-6-4-3-5-7-13/h3-7,10,15,21H,8-9,11H2,1-2H3,(H2,17,18,22). The van der Waals surface area contributed by atoms with Crippen molar-refractivity contribution in [1.82, 2.24) is 20.4 Å². The van der Waals surface area contributed by atoms with Gasteiger partial charge in [-0.1, -0.05) is 30.3 Å². The molecule has 0 aliphatic carbocycles. The largest absolute Gasteiger partial charge is 0.391 e. The van der Waals surface area contributed by atoms with Crippen LogP contribution in [0.5, 0.6) is 0 Å². The molecule has 1 aromatic heterocycles. The lowest BCUT2D eigenvalue weighted by atomic mass is 10.1. The number of carbonyl (C=O) groups excluding carboxylic acids is 1. The molecule has 0 saturated carbocycles. The quantitative estimate of drug-likeness (QED) is 0.748. The second kappa shape index (κ2) is 7.61. The Hall–Kier alpha value is -2.34. The molecule has 0 bridgehead atoms. The molecule has 6 heteroatoms. The third-order valence-electron chi connectivity index (χ3n) is 3.59.